The molecule has 5 heteroatoms. The van der Waals surface area contributed by atoms with Crippen molar-refractivity contribution in [3.8, 4) is 67.5 Å². The maximum atomic E-state index is 6.68. The normalized spacial score (nSPS) is 11.6. The molecule has 0 unspecified atom stereocenters. The van der Waals surface area contributed by atoms with E-state index in [0.29, 0.717) is 17.5 Å². The van der Waals surface area contributed by atoms with E-state index < -0.39 is 0 Å². The van der Waals surface area contributed by atoms with Crippen LogP contribution >= 0.6 is 0 Å². The highest BCUT2D eigenvalue weighted by Crippen LogP contribution is 2.43. The molecule has 0 aliphatic heterocycles. The van der Waals surface area contributed by atoms with Gasteiger partial charge in [-0.25, -0.2) is 15.0 Å². The zero-order valence-electron chi connectivity index (χ0n) is 30.1. The summed E-state index contributed by atoms with van der Waals surface area (Å²) in [7, 11) is 0. The summed E-state index contributed by atoms with van der Waals surface area (Å²) in [6.07, 6.45) is 0. The Balaban J connectivity index is 1.02. The molecule has 0 bridgehead atoms. The summed E-state index contributed by atoms with van der Waals surface area (Å²) >= 11 is 0. The standard InChI is InChI=1S/C51H31N3O2/c1-4-13-32(14-5-1)35-19-12-20-36(29-35)39-27-28-40(48-47(39)43-21-10-11-22-44(43)56-48)37-23-25-41-42-26-24-38(31-46(42)55-45(41)30-37)51-53-49(33-15-6-2-7-16-33)52-50(54-51)34-17-8-3-9-18-34/h1-31H. The fraction of sp³-hybridized carbons (Fsp3) is 0. The van der Waals surface area contributed by atoms with E-state index in [2.05, 4.69) is 103 Å². The van der Waals surface area contributed by atoms with Gasteiger partial charge in [-0.05, 0) is 70.3 Å². The van der Waals surface area contributed by atoms with Gasteiger partial charge >= 0.3 is 0 Å². The fourth-order valence-corrected chi connectivity index (χ4v) is 7.81. The third-order valence-electron chi connectivity index (χ3n) is 10.5. The van der Waals surface area contributed by atoms with Gasteiger partial charge in [0.1, 0.15) is 22.3 Å². The van der Waals surface area contributed by atoms with Gasteiger partial charge in [-0.1, -0.05) is 146 Å². The summed E-state index contributed by atoms with van der Waals surface area (Å²) in [5.41, 5.74) is 12.6. The molecular formula is C51H31N3O2. The smallest absolute Gasteiger partial charge is 0.164 e. The van der Waals surface area contributed by atoms with E-state index in [0.717, 1.165) is 82.8 Å². The van der Waals surface area contributed by atoms with Crippen molar-refractivity contribution >= 4 is 43.9 Å². The summed E-state index contributed by atoms with van der Waals surface area (Å²) in [4.78, 5) is 14.7. The maximum absolute atomic E-state index is 6.68. The van der Waals surface area contributed by atoms with Gasteiger partial charge in [0.15, 0.2) is 17.5 Å². The monoisotopic (exact) mass is 717 g/mol. The van der Waals surface area contributed by atoms with Crippen LogP contribution in [0.1, 0.15) is 0 Å². The van der Waals surface area contributed by atoms with Crippen molar-refractivity contribution in [2.24, 2.45) is 0 Å². The van der Waals surface area contributed by atoms with E-state index in [-0.39, 0.29) is 0 Å². The molecule has 5 nitrogen and oxygen atoms in total. The van der Waals surface area contributed by atoms with Crippen LogP contribution in [-0.2, 0) is 0 Å². The molecule has 0 atom stereocenters. The first-order chi connectivity index (χ1) is 27.7. The van der Waals surface area contributed by atoms with Crippen LogP contribution in [0.5, 0.6) is 0 Å². The molecule has 11 rings (SSSR count). The molecular weight excluding hydrogens is 687 g/mol. The minimum atomic E-state index is 0.586. The minimum Gasteiger partial charge on any atom is -0.456 e. The molecule has 0 spiro atoms. The largest absolute Gasteiger partial charge is 0.456 e. The predicted molar refractivity (Wildman–Crippen MR) is 227 cm³/mol. The molecule has 3 aromatic heterocycles. The average Bonchev–Trinajstić information content (AvgIpc) is 3.85. The Morgan fingerprint density at radius 1 is 0.286 bits per heavy atom. The minimum absolute atomic E-state index is 0.586. The van der Waals surface area contributed by atoms with E-state index >= 15 is 0 Å². The molecule has 56 heavy (non-hydrogen) atoms. The SMILES string of the molecule is c1ccc(-c2cccc(-c3ccc(-c4ccc5c(c4)oc4cc(-c6nc(-c7ccccc7)nc(-c7ccccc7)n6)ccc45)c4oc5ccccc5c34)c2)cc1. The second kappa shape index (κ2) is 13.0. The van der Waals surface area contributed by atoms with Gasteiger partial charge < -0.3 is 8.83 Å². The Morgan fingerprint density at radius 3 is 1.46 bits per heavy atom. The second-order valence-corrected chi connectivity index (χ2v) is 14.0. The van der Waals surface area contributed by atoms with Crippen LogP contribution in [0.4, 0.5) is 0 Å². The second-order valence-electron chi connectivity index (χ2n) is 14.0. The lowest BCUT2D eigenvalue weighted by Gasteiger charge is -2.10. The molecule has 0 saturated heterocycles. The number of aromatic nitrogens is 3. The first-order valence-electron chi connectivity index (χ1n) is 18.7. The van der Waals surface area contributed by atoms with Gasteiger partial charge in [0.25, 0.3) is 0 Å². The average molecular weight is 718 g/mol. The maximum Gasteiger partial charge on any atom is 0.164 e. The molecule has 8 aromatic carbocycles. The first kappa shape index (κ1) is 31.9. The first-order valence-corrected chi connectivity index (χ1v) is 18.7. The summed E-state index contributed by atoms with van der Waals surface area (Å²) in [5.74, 6) is 1.83. The Bertz CT molecular complexity index is 3180. The quantitative estimate of drug-likeness (QED) is 0.171. The number of hydrogen-bond acceptors (Lipinski definition) is 5. The number of para-hydroxylation sites is 1. The van der Waals surface area contributed by atoms with Crippen LogP contribution in [0.25, 0.3) is 111 Å². The summed E-state index contributed by atoms with van der Waals surface area (Å²) < 4.78 is 13.3. The molecule has 0 fully saturated rings. The van der Waals surface area contributed by atoms with Crippen molar-refractivity contribution in [1.29, 1.82) is 0 Å². The van der Waals surface area contributed by atoms with Crippen molar-refractivity contribution in [1.82, 2.24) is 15.0 Å². The summed E-state index contributed by atoms with van der Waals surface area (Å²) in [6.45, 7) is 0. The lowest BCUT2D eigenvalue weighted by Crippen LogP contribution is -2.00. The van der Waals surface area contributed by atoms with Crippen molar-refractivity contribution < 1.29 is 8.83 Å². The Kier molecular flexibility index (Phi) is 7.42. The van der Waals surface area contributed by atoms with Gasteiger partial charge in [0, 0.05) is 43.8 Å². The number of furan rings is 2. The highest BCUT2D eigenvalue weighted by Gasteiger charge is 2.19. The Labute approximate surface area is 322 Å². The molecule has 0 aliphatic carbocycles. The zero-order valence-corrected chi connectivity index (χ0v) is 30.1. The fourth-order valence-electron chi connectivity index (χ4n) is 7.81. The van der Waals surface area contributed by atoms with Crippen LogP contribution in [0.15, 0.2) is 197 Å². The van der Waals surface area contributed by atoms with E-state index in [9.17, 15) is 0 Å². The third-order valence-corrected chi connectivity index (χ3v) is 10.5. The van der Waals surface area contributed by atoms with E-state index in [1.807, 2.05) is 84.9 Å². The van der Waals surface area contributed by atoms with Gasteiger partial charge in [0.05, 0.1) is 0 Å². The molecule has 3 heterocycles. The van der Waals surface area contributed by atoms with Crippen molar-refractivity contribution in [3.63, 3.8) is 0 Å². The van der Waals surface area contributed by atoms with E-state index in [1.165, 1.54) is 11.1 Å². The number of benzene rings is 8. The Hall–Kier alpha value is -7.63. The highest BCUT2D eigenvalue weighted by atomic mass is 16.3. The topological polar surface area (TPSA) is 65.0 Å². The number of nitrogens with zero attached hydrogens (tertiary/aromatic N) is 3. The number of fused-ring (bicyclic) bond motifs is 6. The Morgan fingerprint density at radius 2 is 0.786 bits per heavy atom. The van der Waals surface area contributed by atoms with Gasteiger partial charge in [-0.15, -0.1) is 0 Å². The number of rotatable bonds is 6. The van der Waals surface area contributed by atoms with Crippen molar-refractivity contribution in [2.45, 2.75) is 0 Å². The molecule has 0 aliphatic rings. The molecule has 11 aromatic rings. The van der Waals surface area contributed by atoms with Gasteiger partial charge in [0.2, 0.25) is 0 Å². The van der Waals surface area contributed by atoms with Crippen LogP contribution < -0.4 is 0 Å². The lowest BCUT2D eigenvalue weighted by molar-refractivity contribution is 0.668. The van der Waals surface area contributed by atoms with Gasteiger partial charge in [-0.2, -0.15) is 0 Å². The van der Waals surface area contributed by atoms with Crippen LogP contribution in [0.2, 0.25) is 0 Å². The summed E-state index contributed by atoms with van der Waals surface area (Å²) in [6, 6.07) is 64.6. The number of hydrogen-bond donors (Lipinski definition) is 0. The summed E-state index contributed by atoms with van der Waals surface area (Å²) in [5, 5.41) is 4.25. The molecule has 0 radical (unpaired) electrons. The molecule has 0 saturated carbocycles. The molecule has 0 amide bonds. The molecule has 0 N–H and O–H groups in total. The van der Waals surface area contributed by atoms with Gasteiger partial charge in [-0.3, -0.25) is 0 Å². The van der Waals surface area contributed by atoms with Crippen LogP contribution in [0, 0.1) is 0 Å². The third kappa shape index (κ3) is 5.45. The molecule has 262 valence electrons. The van der Waals surface area contributed by atoms with Crippen molar-refractivity contribution in [3.05, 3.63) is 188 Å². The lowest BCUT2D eigenvalue weighted by atomic mass is 9.93. The van der Waals surface area contributed by atoms with Crippen LogP contribution in [-0.4, -0.2) is 15.0 Å². The van der Waals surface area contributed by atoms with E-state index in [1.54, 1.807) is 0 Å². The van der Waals surface area contributed by atoms with E-state index in [4.69, 9.17) is 23.8 Å². The predicted octanol–water partition coefficient (Wildman–Crippen LogP) is 13.7. The van der Waals surface area contributed by atoms with Crippen molar-refractivity contribution in [2.75, 3.05) is 0 Å². The zero-order chi connectivity index (χ0) is 37.0. The highest BCUT2D eigenvalue weighted by molar-refractivity contribution is 6.17. The van der Waals surface area contributed by atoms with Crippen LogP contribution in [0.3, 0.4) is 0 Å².